The Balaban J connectivity index is 2.24. The first-order valence-corrected chi connectivity index (χ1v) is 5.34. The van der Waals surface area contributed by atoms with Crippen molar-refractivity contribution in [2.75, 3.05) is 5.73 Å². The van der Waals surface area contributed by atoms with Crippen LogP contribution >= 0.6 is 11.3 Å². The molecule has 0 atom stereocenters. The van der Waals surface area contributed by atoms with Crippen molar-refractivity contribution in [1.29, 1.82) is 0 Å². The average molecular weight is 279 g/mol. The van der Waals surface area contributed by atoms with E-state index in [0.717, 1.165) is 11.3 Å². The Morgan fingerprint density at radius 2 is 1.72 bits per heavy atom. The molecule has 0 bridgehead atoms. The molecule has 1 aromatic heterocycles. The Hall–Kier alpha value is -1.90. The van der Waals surface area contributed by atoms with Gasteiger partial charge in [0.2, 0.25) is 16.8 Å². The summed E-state index contributed by atoms with van der Waals surface area (Å²) in [6, 6.07) is 0.0977. The summed E-state index contributed by atoms with van der Waals surface area (Å²) in [7, 11) is 0. The third kappa shape index (κ3) is 2.35. The van der Waals surface area contributed by atoms with Crippen LogP contribution in [0.3, 0.4) is 0 Å². The van der Waals surface area contributed by atoms with Gasteiger partial charge in [0.15, 0.2) is 22.4 Å². The predicted molar refractivity (Wildman–Crippen MR) is 54.9 cm³/mol. The number of nitrogen functional groups attached to an aromatic ring is 1. The zero-order valence-corrected chi connectivity index (χ0v) is 9.40. The van der Waals surface area contributed by atoms with Gasteiger partial charge in [-0.2, -0.15) is 8.78 Å². The Bertz CT molecular complexity index is 563. The average Bonchev–Trinajstić information content (AvgIpc) is 2.73. The zero-order chi connectivity index (χ0) is 13.3. The molecule has 2 aromatic rings. The molecule has 1 heterocycles. The Morgan fingerprint density at radius 1 is 1.11 bits per heavy atom. The van der Waals surface area contributed by atoms with E-state index < -0.39 is 35.6 Å². The fraction of sp³-hybridized carbons (Fsp3) is 0.111. The molecule has 0 aliphatic heterocycles. The summed E-state index contributed by atoms with van der Waals surface area (Å²) >= 11 is 0.925. The van der Waals surface area contributed by atoms with Crippen LogP contribution in [0.5, 0.6) is 5.75 Å². The van der Waals surface area contributed by atoms with Crippen LogP contribution < -0.4 is 10.5 Å². The highest BCUT2D eigenvalue weighted by Gasteiger charge is 2.21. The maximum Gasteiger partial charge on any atom is 0.203 e. The van der Waals surface area contributed by atoms with Crippen molar-refractivity contribution in [3.05, 3.63) is 34.3 Å². The van der Waals surface area contributed by atoms with E-state index in [2.05, 4.69) is 14.9 Å². The molecular formula is C9H5F4N3OS. The standard InChI is InChI=1S/C9H5F4N3OS/c10-3-1-4(11)7(13)8(6(3)12)17-2-5-15-16-9(14)18-5/h1H,2H2,(H2,14,16). The van der Waals surface area contributed by atoms with E-state index in [1.807, 2.05) is 0 Å². The number of nitrogens with zero attached hydrogens (tertiary/aromatic N) is 2. The van der Waals surface area contributed by atoms with Gasteiger partial charge in [0.25, 0.3) is 0 Å². The minimum atomic E-state index is -1.61. The van der Waals surface area contributed by atoms with Crippen molar-refractivity contribution < 1.29 is 22.3 Å². The lowest BCUT2D eigenvalue weighted by molar-refractivity contribution is 0.260. The van der Waals surface area contributed by atoms with Crippen molar-refractivity contribution in [1.82, 2.24) is 10.2 Å². The van der Waals surface area contributed by atoms with Crippen molar-refractivity contribution in [3.63, 3.8) is 0 Å². The van der Waals surface area contributed by atoms with Gasteiger partial charge < -0.3 is 10.5 Å². The predicted octanol–water partition coefficient (Wildman–Crippen LogP) is 2.26. The van der Waals surface area contributed by atoms with Crippen LogP contribution in [-0.4, -0.2) is 10.2 Å². The fourth-order valence-corrected chi connectivity index (χ4v) is 1.66. The summed E-state index contributed by atoms with van der Waals surface area (Å²) in [6.45, 7) is -0.397. The normalized spacial score (nSPS) is 10.7. The van der Waals surface area contributed by atoms with E-state index in [1.165, 1.54) is 0 Å². The van der Waals surface area contributed by atoms with Gasteiger partial charge in [-0.25, -0.2) is 8.78 Å². The number of hydrogen-bond acceptors (Lipinski definition) is 5. The molecule has 0 saturated heterocycles. The second-order valence-corrected chi connectivity index (χ2v) is 4.21. The lowest BCUT2D eigenvalue weighted by Crippen LogP contribution is -2.03. The summed E-state index contributed by atoms with van der Waals surface area (Å²) in [5.41, 5.74) is 5.28. The SMILES string of the molecule is Nc1nnc(COc2c(F)c(F)cc(F)c2F)s1. The van der Waals surface area contributed by atoms with Crippen molar-refractivity contribution in [2.45, 2.75) is 6.61 Å². The zero-order valence-electron chi connectivity index (χ0n) is 8.58. The van der Waals surface area contributed by atoms with E-state index in [-0.39, 0.29) is 16.2 Å². The second kappa shape index (κ2) is 4.77. The lowest BCUT2D eigenvalue weighted by atomic mass is 10.3. The number of benzene rings is 1. The molecule has 0 radical (unpaired) electrons. The molecule has 0 amide bonds. The highest BCUT2D eigenvalue weighted by atomic mass is 32.1. The molecule has 1 aromatic carbocycles. The molecule has 0 aliphatic rings. The lowest BCUT2D eigenvalue weighted by Gasteiger charge is -2.07. The first-order valence-electron chi connectivity index (χ1n) is 4.52. The highest BCUT2D eigenvalue weighted by molar-refractivity contribution is 7.15. The number of aromatic nitrogens is 2. The van der Waals surface area contributed by atoms with Crippen LogP contribution in [0.25, 0.3) is 0 Å². The highest BCUT2D eigenvalue weighted by Crippen LogP contribution is 2.27. The largest absolute Gasteiger partial charge is 0.480 e. The van der Waals surface area contributed by atoms with Crippen molar-refractivity contribution in [3.8, 4) is 5.75 Å². The molecule has 0 fully saturated rings. The van der Waals surface area contributed by atoms with Crippen LogP contribution in [0.15, 0.2) is 6.07 Å². The second-order valence-electron chi connectivity index (χ2n) is 3.12. The van der Waals surface area contributed by atoms with Gasteiger partial charge >= 0.3 is 0 Å². The van der Waals surface area contributed by atoms with E-state index in [4.69, 9.17) is 5.73 Å². The molecule has 0 saturated carbocycles. The topological polar surface area (TPSA) is 61.0 Å². The fourth-order valence-electron chi connectivity index (χ4n) is 1.14. The number of halogens is 4. The van der Waals surface area contributed by atoms with Gasteiger partial charge in [-0.15, -0.1) is 10.2 Å². The summed E-state index contributed by atoms with van der Waals surface area (Å²) in [4.78, 5) is 0. The summed E-state index contributed by atoms with van der Waals surface area (Å²) in [6.07, 6.45) is 0. The number of hydrogen-bond donors (Lipinski definition) is 1. The van der Waals surface area contributed by atoms with Gasteiger partial charge in [0.1, 0.15) is 6.61 Å². The van der Waals surface area contributed by atoms with Gasteiger partial charge in [-0.05, 0) is 0 Å². The molecule has 0 unspecified atom stereocenters. The monoisotopic (exact) mass is 279 g/mol. The summed E-state index contributed by atoms with van der Waals surface area (Å²) < 4.78 is 56.7. The van der Waals surface area contributed by atoms with E-state index in [9.17, 15) is 17.6 Å². The Kier molecular flexibility index (Phi) is 3.32. The minimum Gasteiger partial charge on any atom is -0.480 e. The van der Waals surface area contributed by atoms with Crippen molar-refractivity contribution in [2.24, 2.45) is 0 Å². The molecule has 96 valence electrons. The number of nitrogens with two attached hydrogens (primary N) is 1. The van der Waals surface area contributed by atoms with E-state index in [1.54, 1.807) is 0 Å². The summed E-state index contributed by atoms with van der Waals surface area (Å²) in [5, 5.41) is 7.32. The Labute approximate surface area is 102 Å². The van der Waals surface area contributed by atoms with Crippen LogP contribution in [-0.2, 0) is 6.61 Å². The molecular weight excluding hydrogens is 274 g/mol. The smallest absolute Gasteiger partial charge is 0.203 e. The Morgan fingerprint density at radius 3 is 2.22 bits per heavy atom. The minimum absolute atomic E-state index is 0.0977. The van der Waals surface area contributed by atoms with E-state index >= 15 is 0 Å². The molecule has 0 spiro atoms. The molecule has 2 N–H and O–H groups in total. The molecule has 2 rings (SSSR count). The van der Waals surface area contributed by atoms with Gasteiger partial charge in [0.05, 0.1) is 0 Å². The molecule has 9 heteroatoms. The number of rotatable bonds is 3. The quantitative estimate of drug-likeness (QED) is 0.691. The molecule has 0 aliphatic carbocycles. The molecule has 4 nitrogen and oxygen atoms in total. The van der Waals surface area contributed by atoms with Gasteiger partial charge in [0, 0.05) is 6.07 Å². The third-order valence-electron chi connectivity index (χ3n) is 1.89. The van der Waals surface area contributed by atoms with Gasteiger partial charge in [-0.1, -0.05) is 11.3 Å². The van der Waals surface area contributed by atoms with Crippen LogP contribution in [0, 0.1) is 23.3 Å². The first-order chi connectivity index (χ1) is 8.49. The number of anilines is 1. The maximum absolute atomic E-state index is 13.2. The van der Waals surface area contributed by atoms with Crippen LogP contribution in [0.4, 0.5) is 22.7 Å². The number of ether oxygens (including phenoxy) is 1. The van der Waals surface area contributed by atoms with E-state index in [0.29, 0.717) is 0 Å². The first kappa shape index (κ1) is 12.6. The maximum atomic E-state index is 13.2. The van der Waals surface area contributed by atoms with Crippen molar-refractivity contribution >= 4 is 16.5 Å². The summed E-state index contributed by atoms with van der Waals surface area (Å²) in [5.74, 6) is -7.43. The van der Waals surface area contributed by atoms with Crippen LogP contribution in [0.2, 0.25) is 0 Å². The third-order valence-corrected chi connectivity index (χ3v) is 2.62. The van der Waals surface area contributed by atoms with Crippen LogP contribution in [0.1, 0.15) is 5.01 Å². The molecule has 18 heavy (non-hydrogen) atoms. The van der Waals surface area contributed by atoms with Gasteiger partial charge in [-0.3, -0.25) is 0 Å².